The zero-order valence-electron chi connectivity index (χ0n) is 13.6. The first-order valence-corrected chi connectivity index (χ1v) is 7.66. The molecule has 0 aliphatic rings. The molecule has 0 atom stereocenters. The van der Waals surface area contributed by atoms with Gasteiger partial charge in [0, 0.05) is 5.56 Å². The summed E-state index contributed by atoms with van der Waals surface area (Å²) in [5.74, 6) is -0.825. The summed E-state index contributed by atoms with van der Waals surface area (Å²) in [7, 11) is 1.31. The smallest absolute Gasteiger partial charge is 0.340 e. The average Bonchev–Trinajstić information content (AvgIpc) is 3.10. The molecule has 0 amide bonds. The lowest BCUT2D eigenvalue weighted by Gasteiger charge is -2.03. The number of hydrogen-bond donors (Lipinski definition) is 0. The van der Waals surface area contributed by atoms with Crippen molar-refractivity contribution in [2.24, 2.45) is 0 Å². The highest BCUT2D eigenvalue weighted by Crippen LogP contribution is 2.18. The molecule has 0 unspecified atom stereocenters. The molecule has 0 N–H and O–H groups in total. The fraction of sp³-hybridized carbons (Fsp3) is 0.105. The van der Waals surface area contributed by atoms with Gasteiger partial charge in [-0.3, -0.25) is 0 Å². The molecule has 3 rings (SSSR count). The molecule has 0 aliphatic heterocycles. The topological polar surface area (TPSA) is 57.0 Å². The standard InChI is InChI=1S/C19H16FN3O2/c1-25-19(24)16(11-14-7-3-2-4-8-14)18-13-23(22-21-18)12-15-9-5-6-10-17(15)20/h2-11,13H,12H2,1H3. The van der Waals surface area contributed by atoms with Crippen LogP contribution in [0.15, 0.2) is 60.8 Å². The molecule has 126 valence electrons. The van der Waals surface area contributed by atoms with Crippen molar-refractivity contribution >= 4 is 17.6 Å². The number of benzene rings is 2. The SMILES string of the molecule is COC(=O)C(=Cc1ccccc1)c1cn(Cc2ccccc2F)nn1. The molecule has 0 fully saturated rings. The molecule has 2 aromatic carbocycles. The highest BCUT2D eigenvalue weighted by molar-refractivity contribution is 6.20. The van der Waals surface area contributed by atoms with Crippen molar-refractivity contribution in [3.63, 3.8) is 0 Å². The maximum Gasteiger partial charge on any atom is 0.340 e. The van der Waals surface area contributed by atoms with E-state index in [-0.39, 0.29) is 17.9 Å². The van der Waals surface area contributed by atoms with Gasteiger partial charge in [0.15, 0.2) is 0 Å². The number of hydrogen-bond acceptors (Lipinski definition) is 4. The number of esters is 1. The Morgan fingerprint density at radius 1 is 1.16 bits per heavy atom. The van der Waals surface area contributed by atoms with E-state index < -0.39 is 5.97 Å². The highest BCUT2D eigenvalue weighted by atomic mass is 19.1. The van der Waals surface area contributed by atoms with E-state index in [1.165, 1.54) is 17.9 Å². The van der Waals surface area contributed by atoms with Crippen LogP contribution in [0.3, 0.4) is 0 Å². The van der Waals surface area contributed by atoms with E-state index in [9.17, 15) is 9.18 Å². The summed E-state index contributed by atoms with van der Waals surface area (Å²) in [5, 5.41) is 8.01. The van der Waals surface area contributed by atoms with Crippen LogP contribution in [0, 0.1) is 5.82 Å². The highest BCUT2D eigenvalue weighted by Gasteiger charge is 2.17. The van der Waals surface area contributed by atoms with Crippen molar-refractivity contribution in [1.82, 2.24) is 15.0 Å². The first kappa shape index (κ1) is 16.6. The molecular weight excluding hydrogens is 321 g/mol. The summed E-state index contributed by atoms with van der Waals surface area (Å²) in [6, 6.07) is 15.8. The second-order valence-electron chi connectivity index (χ2n) is 5.35. The van der Waals surface area contributed by atoms with Crippen molar-refractivity contribution in [3.05, 3.63) is 83.4 Å². The van der Waals surface area contributed by atoms with Crippen LogP contribution in [0.25, 0.3) is 11.6 Å². The van der Waals surface area contributed by atoms with Crippen molar-refractivity contribution in [2.45, 2.75) is 6.54 Å². The minimum Gasteiger partial charge on any atom is -0.465 e. The number of carbonyl (C=O) groups is 1. The molecule has 3 aromatic rings. The van der Waals surface area contributed by atoms with Gasteiger partial charge in [-0.1, -0.05) is 53.7 Å². The van der Waals surface area contributed by atoms with Gasteiger partial charge in [-0.05, 0) is 17.7 Å². The number of rotatable bonds is 5. The molecule has 0 saturated heterocycles. The monoisotopic (exact) mass is 337 g/mol. The van der Waals surface area contributed by atoms with E-state index in [1.54, 1.807) is 30.5 Å². The maximum atomic E-state index is 13.8. The van der Waals surface area contributed by atoms with Gasteiger partial charge < -0.3 is 4.74 Å². The summed E-state index contributed by atoms with van der Waals surface area (Å²) < 4.78 is 20.1. The van der Waals surface area contributed by atoms with Crippen LogP contribution in [0.4, 0.5) is 4.39 Å². The molecule has 0 aliphatic carbocycles. The number of methoxy groups -OCH3 is 1. The first-order valence-electron chi connectivity index (χ1n) is 7.66. The molecule has 0 bridgehead atoms. The van der Waals surface area contributed by atoms with Crippen LogP contribution < -0.4 is 0 Å². The lowest BCUT2D eigenvalue weighted by Crippen LogP contribution is -2.04. The normalized spacial score (nSPS) is 11.4. The van der Waals surface area contributed by atoms with Crippen molar-refractivity contribution < 1.29 is 13.9 Å². The van der Waals surface area contributed by atoms with E-state index in [2.05, 4.69) is 10.3 Å². The fourth-order valence-corrected chi connectivity index (χ4v) is 2.36. The Bertz CT molecular complexity index is 904. The second-order valence-corrected chi connectivity index (χ2v) is 5.35. The van der Waals surface area contributed by atoms with Crippen LogP contribution in [0.2, 0.25) is 0 Å². The molecule has 25 heavy (non-hydrogen) atoms. The number of nitrogens with zero attached hydrogens (tertiary/aromatic N) is 3. The summed E-state index contributed by atoms with van der Waals surface area (Å²) in [6.07, 6.45) is 3.28. The van der Waals surface area contributed by atoms with Crippen LogP contribution in [-0.2, 0) is 16.1 Å². The van der Waals surface area contributed by atoms with Crippen LogP contribution in [0.5, 0.6) is 0 Å². The van der Waals surface area contributed by atoms with Crippen molar-refractivity contribution in [2.75, 3.05) is 7.11 Å². The Morgan fingerprint density at radius 3 is 2.60 bits per heavy atom. The quantitative estimate of drug-likeness (QED) is 0.530. The van der Waals surface area contributed by atoms with Gasteiger partial charge in [-0.15, -0.1) is 5.10 Å². The predicted octanol–water partition coefficient (Wildman–Crippen LogP) is 3.18. The number of halogens is 1. The van der Waals surface area contributed by atoms with E-state index >= 15 is 0 Å². The molecule has 0 spiro atoms. The van der Waals surface area contributed by atoms with Gasteiger partial charge in [-0.25, -0.2) is 13.9 Å². The third-order valence-electron chi connectivity index (χ3n) is 3.62. The van der Waals surface area contributed by atoms with Crippen LogP contribution in [-0.4, -0.2) is 28.1 Å². The van der Waals surface area contributed by atoms with Gasteiger partial charge in [0.1, 0.15) is 11.5 Å². The van der Waals surface area contributed by atoms with Crippen LogP contribution >= 0.6 is 0 Å². The first-order chi connectivity index (χ1) is 12.2. The third-order valence-corrected chi connectivity index (χ3v) is 3.62. The van der Waals surface area contributed by atoms with E-state index in [0.717, 1.165) is 5.56 Å². The van der Waals surface area contributed by atoms with Gasteiger partial charge >= 0.3 is 5.97 Å². The maximum absolute atomic E-state index is 13.8. The van der Waals surface area contributed by atoms with E-state index in [0.29, 0.717) is 11.3 Å². The number of aromatic nitrogens is 3. The molecule has 0 radical (unpaired) electrons. The molecule has 0 saturated carbocycles. The van der Waals surface area contributed by atoms with Crippen molar-refractivity contribution in [1.29, 1.82) is 0 Å². The summed E-state index contributed by atoms with van der Waals surface area (Å²) in [5.41, 5.74) is 1.98. The lowest BCUT2D eigenvalue weighted by atomic mass is 10.1. The summed E-state index contributed by atoms with van der Waals surface area (Å²) in [4.78, 5) is 12.1. The van der Waals surface area contributed by atoms with Gasteiger partial charge in [0.2, 0.25) is 0 Å². The third kappa shape index (κ3) is 3.98. The Labute approximate surface area is 144 Å². The summed E-state index contributed by atoms with van der Waals surface area (Å²) in [6.45, 7) is 0.222. The largest absolute Gasteiger partial charge is 0.465 e. The predicted molar refractivity (Wildman–Crippen MR) is 91.9 cm³/mol. The fourth-order valence-electron chi connectivity index (χ4n) is 2.36. The lowest BCUT2D eigenvalue weighted by molar-refractivity contribution is -0.133. The Hall–Kier alpha value is -3.28. The zero-order chi connectivity index (χ0) is 17.6. The zero-order valence-corrected chi connectivity index (χ0v) is 13.6. The van der Waals surface area contributed by atoms with Gasteiger partial charge in [-0.2, -0.15) is 0 Å². The Kier molecular flexibility index (Phi) is 4.99. The van der Waals surface area contributed by atoms with E-state index in [4.69, 9.17) is 4.74 Å². The van der Waals surface area contributed by atoms with Crippen molar-refractivity contribution in [3.8, 4) is 0 Å². The molecular formula is C19H16FN3O2. The second kappa shape index (κ2) is 7.53. The molecule has 1 aromatic heterocycles. The number of carbonyl (C=O) groups excluding carboxylic acids is 1. The van der Waals surface area contributed by atoms with Gasteiger partial charge in [0.05, 0.1) is 25.4 Å². The van der Waals surface area contributed by atoms with E-state index in [1.807, 2.05) is 30.3 Å². The molecule has 1 heterocycles. The number of ether oxygens (including phenoxy) is 1. The minimum atomic E-state index is -0.512. The molecule has 5 nitrogen and oxygen atoms in total. The minimum absolute atomic E-state index is 0.222. The van der Waals surface area contributed by atoms with Crippen LogP contribution in [0.1, 0.15) is 16.8 Å². The molecule has 6 heteroatoms. The Balaban J connectivity index is 1.91. The Morgan fingerprint density at radius 2 is 1.88 bits per heavy atom. The summed E-state index contributed by atoms with van der Waals surface area (Å²) >= 11 is 0. The van der Waals surface area contributed by atoms with Gasteiger partial charge in [0.25, 0.3) is 0 Å². The average molecular weight is 337 g/mol.